The Balaban J connectivity index is 1.83. The Morgan fingerprint density at radius 2 is 1.72 bits per heavy atom. The van der Waals surface area contributed by atoms with Crippen molar-refractivity contribution < 1.29 is 9.09 Å². The molecule has 36 heavy (non-hydrogen) atoms. The Hall–Kier alpha value is -2.62. The van der Waals surface area contributed by atoms with Crippen molar-refractivity contribution in [3.8, 4) is 0 Å². The van der Waals surface area contributed by atoms with Gasteiger partial charge in [-0.25, -0.2) is 0 Å². The van der Waals surface area contributed by atoms with Crippen LogP contribution in [0.5, 0.6) is 0 Å². The molecule has 3 aromatic rings. The van der Waals surface area contributed by atoms with Crippen LogP contribution >= 0.6 is 7.37 Å². The van der Waals surface area contributed by atoms with Crippen molar-refractivity contribution in [3.63, 3.8) is 0 Å². The maximum atomic E-state index is 15.4. The molecule has 5 nitrogen and oxygen atoms in total. The molecular formula is C30H40N3O2P. The molecule has 192 valence electrons. The van der Waals surface area contributed by atoms with Gasteiger partial charge >= 0.3 is 0 Å². The molecule has 1 N–H and O–H groups in total. The number of rotatable bonds is 9. The van der Waals surface area contributed by atoms with E-state index in [1.165, 1.54) is 6.42 Å². The summed E-state index contributed by atoms with van der Waals surface area (Å²) in [5, 5.41) is 4.31. The van der Waals surface area contributed by atoms with Crippen molar-refractivity contribution in [2.75, 3.05) is 24.3 Å². The minimum Gasteiger partial charge on any atom is -0.378 e. The minimum absolute atomic E-state index is 0.0650. The fourth-order valence-electron chi connectivity index (χ4n) is 5.26. The van der Waals surface area contributed by atoms with Crippen LogP contribution in [0.3, 0.4) is 0 Å². The highest BCUT2D eigenvalue weighted by molar-refractivity contribution is 7.67. The van der Waals surface area contributed by atoms with E-state index in [1.54, 1.807) is 12.4 Å². The van der Waals surface area contributed by atoms with E-state index in [9.17, 15) is 0 Å². The van der Waals surface area contributed by atoms with Crippen molar-refractivity contribution >= 4 is 24.0 Å². The lowest BCUT2D eigenvalue weighted by molar-refractivity contribution is 0.0488. The van der Waals surface area contributed by atoms with Crippen LogP contribution in [0.25, 0.3) is 0 Å². The van der Waals surface area contributed by atoms with Gasteiger partial charge in [0.2, 0.25) is 0 Å². The minimum atomic E-state index is -3.46. The smallest absolute Gasteiger partial charge is 0.258 e. The second-order valence-corrected chi connectivity index (χ2v) is 13.1. The zero-order chi connectivity index (χ0) is 25.7. The molecule has 6 heteroatoms. The summed E-state index contributed by atoms with van der Waals surface area (Å²) in [6, 6.07) is 21.8. The summed E-state index contributed by atoms with van der Waals surface area (Å²) in [5.74, 6) is 0.824. The number of pyridine rings is 1. The number of benzene rings is 2. The van der Waals surface area contributed by atoms with Crippen LogP contribution in [-0.4, -0.2) is 25.2 Å². The number of anilines is 2. The van der Waals surface area contributed by atoms with Crippen LogP contribution in [0.1, 0.15) is 51.4 Å². The van der Waals surface area contributed by atoms with Gasteiger partial charge in [-0.05, 0) is 73.1 Å². The van der Waals surface area contributed by atoms with Gasteiger partial charge < -0.3 is 14.7 Å². The molecule has 1 aliphatic rings. The van der Waals surface area contributed by atoms with E-state index in [0.29, 0.717) is 17.8 Å². The third-order valence-corrected chi connectivity index (χ3v) is 10.1. The van der Waals surface area contributed by atoms with Crippen LogP contribution in [-0.2, 0) is 9.09 Å². The Kier molecular flexibility index (Phi) is 8.54. The molecule has 1 saturated carbocycles. The van der Waals surface area contributed by atoms with Crippen molar-refractivity contribution in [2.45, 2.75) is 51.9 Å². The average Bonchev–Trinajstić information content (AvgIpc) is 2.88. The maximum absolute atomic E-state index is 15.4. The SMILES string of the molecule is CC1CCC(C(C)C)C(OP(=O)(c2ccc(N(C)C)cc2)C(Nc2ccccc2)c2cccnc2)C1. The first-order valence-corrected chi connectivity index (χ1v) is 14.7. The lowest BCUT2D eigenvalue weighted by Crippen LogP contribution is -2.35. The van der Waals surface area contributed by atoms with Crippen LogP contribution in [0.4, 0.5) is 11.4 Å². The van der Waals surface area contributed by atoms with Crippen molar-refractivity contribution in [1.82, 2.24) is 4.98 Å². The summed E-state index contributed by atoms with van der Waals surface area (Å²) in [7, 11) is 0.561. The first-order valence-electron chi connectivity index (χ1n) is 13.1. The molecule has 0 spiro atoms. The number of aromatic nitrogens is 1. The van der Waals surface area contributed by atoms with E-state index >= 15 is 4.57 Å². The number of nitrogens with one attached hydrogen (secondary N) is 1. The van der Waals surface area contributed by atoms with Crippen LogP contribution in [0.15, 0.2) is 79.1 Å². The van der Waals surface area contributed by atoms with E-state index in [2.05, 4.69) is 31.1 Å². The Labute approximate surface area is 216 Å². The van der Waals surface area contributed by atoms with Crippen LogP contribution in [0.2, 0.25) is 0 Å². The van der Waals surface area contributed by atoms with E-state index in [1.807, 2.05) is 85.7 Å². The van der Waals surface area contributed by atoms with Gasteiger partial charge in [0.15, 0.2) is 0 Å². The number of nitrogens with zero attached hydrogens (tertiary/aromatic N) is 2. The molecule has 0 bridgehead atoms. The second kappa shape index (κ2) is 11.6. The summed E-state index contributed by atoms with van der Waals surface area (Å²) in [5.41, 5.74) is 2.81. The largest absolute Gasteiger partial charge is 0.378 e. The highest BCUT2D eigenvalue weighted by Crippen LogP contribution is 2.61. The normalized spacial score (nSPS) is 22.6. The maximum Gasteiger partial charge on any atom is 0.258 e. The van der Waals surface area contributed by atoms with Crippen molar-refractivity contribution in [1.29, 1.82) is 0 Å². The third-order valence-electron chi connectivity index (χ3n) is 7.40. The lowest BCUT2D eigenvalue weighted by Gasteiger charge is -2.41. The molecule has 5 unspecified atom stereocenters. The number of hydrogen-bond acceptors (Lipinski definition) is 5. The van der Waals surface area contributed by atoms with Gasteiger partial charge in [-0.3, -0.25) is 9.55 Å². The fraction of sp³-hybridized carbons (Fsp3) is 0.433. The first kappa shape index (κ1) is 26.4. The van der Waals surface area contributed by atoms with Gasteiger partial charge in [0.25, 0.3) is 7.37 Å². The molecule has 2 aromatic carbocycles. The standard InChI is InChI=1S/C30H40N3O2P/c1-22(2)28-18-13-23(3)20-29(28)35-36(34,27-16-14-26(15-17-27)33(4)5)30(24-10-9-19-31-21-24)32-25-11-7-6-8-12-25/h6-12,14-17,19,21-23,28-30,32H,13,18,20H2,1-5H3. The molecule has 0 saturated heterocycles. The number of para-hydroxylation sites is 1. The molecular weight excluding hydrogens is 465 g/mol. The molecule has 1 heterocycles. The van der Waals surface area contributed by atoms with Gasteiger partial charge in [0, 0.05) is 48.7 Å². The fourth-order valence-corrected chi connectivity index (χ4v) is 7.88. The molecule has 0 aliphatic heterocycles. The molecule has 0 radical (unpaired) electrons. The van der Waals surface area contributed by atoms with Gasteiger partial charge in [0.1, 0.15) is 5.78 Å². The van der Waals surface area contributed by atoms with Crippen molar-refractivity contribution in [3.05, 3.63) is 84.7 Å². The molecule has 5 atom stereocenters. The molecule has 4 rings (SSSR count). The Morgan fingerprint density at radius 3 is 2.33 bits per heavy atom. The summed E-state index contributed by atoms with van der Waals surface area (Å²) in [6.07, 6.45) is 6.70. The molecule has 0 amide bonds. The molecule has 1 aliphatic carbocycles. The van der Waals surface area contributed by atoms with Crippen LogP contribution < -0.4 is 15.5 Å². The van der Waals surface area contributed by atoms with Gasteiger partial charge in [-0.15, -0.1) is 0 Å². The molecule has 1 fully saturated rings. The third kappa shape index (κ3) is 6.02. The zero-order valence-electron chi connectivity index (χ0n) is 22.2. The predicted molar refractivity (Wildman–Crippen MR) is 151 cm³/mol. The monoisotopic (exact) mass is 505 g/mol. The summed E-state index contributed by atoms with van der Waals surface area (Å²) < 4.78 is 22.4. The second-order valence-electron chi connectivity index (χ2n) is 10.7. The lowest BCUT2D eigenvalue weighted by atomic mass is 9.75. The number of hydrogen-bond donors (Lipinski definition) is 1. The highest BCUT2D eigenvalue weighted by Gasteiger charge is 2.43. The van der Waals surface area contributed by atoms with E-state index in [4.69, 9.17) is 4.52 Å². The average molecular weight is 506 g/mol. The zero-order valence-corrected chi connectivity index (χ0v) is 23.1. The quantitative estimate of drug-likeness (QED) is 0.308. The highest BCUT2D eigenvalue weighted by atomic mass is 31.2. The van der Waals surface area contributed by atoms with E-state index in [0.717, 1.165) is 35.1 Å². The topological polar surface area (TPSA) is 54.5 Å². The first-order chi connectivity index (χ1) is 17.3. The van der Waals surface area contributed by atoms with Crippen LogP contribution in [0, 0.1) is 17.8 Å². The van der Waals surface area contributed by atoms with E-state index < -0.39 is 13.2 Å². The summed E-state index contributed by atoms with van der Waals surface area (Å²) in [6.45, 7) is 6.80. The van der Waals surface area contributed by atoms with Gasteiger partial charge in [-0.1, -0.05) is 51.5 Å². The van der Waals surface area contributed by atoms with Gasteiger partial charge in [0.05, 0.1) is 6.10 Å². The van der Waals surface area contributed by atoms with Gasteiger partial charge in [-0.2, -0.15) is 0 Å². The Bertz CT molecular complexity index is 1140. The van der Waals surface area contributed by atoms with E-state index in [-0.39, 0.29) is 6.10 Å². The van der Waals surface area contributed by atoms with Crippen molar-refractivity contribution in [2.24, 2.45) is 17.8 Å². The predicted octanol–water partition coefficient (Wildman–Crippen LogP) is 7.34. The Morgan fingerprint density at radius 1 is 1.00 bits per heavy atom. The summed E-state index contributed by atoms with van der Waals surface area (Å²) in [4.78, 5) is 6.42. The summed E-state index contributed by atoms with van der Waals surface area (Å²) >= 11 is 0. The molecule has 1 aromatic heterocycles.